The molecule has 0 amide bonds. The largest absolute Gasteiger partial charge is 0.376 e. The average molecular weight is 301 g/mol. The smallest absolute Gasteiger partial charge is 0.246 e. The molecule has 22 heavy (non-hydrogen) atoms. The molecule has 0 fully saturated rings. The highest BCUT2D eigenvalue weighted by atomic mass is 19.1. The van der Waals surface area contributed by atoms with Gasteiger partial charge in [-0.15, -0.1) is 0 Å². The van der Waals surface area contributed by atoms with Crippen molar-refractivity contribution in [3.63, 3.8) is 0 Å². The van der Waals surface area contributed by atoms with Crippen LogP contribution >= 0.6 is 0 Å². The lowest BCUT2D eigenvalue weighted by atomic mass is 10.1. The predicted molar refractivity (Wildman–Crippen MR) is 78.2 cm³/mol. The first-order valence-electron chi connectivity index (χ1n) is 6.70. The molecule has 3 aromatic rings. The molecule has 112 valence electrons. The Morgan fingerprint density at radius 3 is 2.41 bits per heavy atom. The van der Waals surface area contributed by atoms with Crippen molar-refractivity contribution in [1.82, 2.24) is 10.1 Å². The highest BCUT2D eigenvalue weighted by Gasteiger charge is 2.09. The van der Waals surface area contributed by atoms with Crippen LogP contribution in [0, 0.1) is 18.6 Å². The van der Waals surface area contributed by atoms with E-state index < -0.39 is 11.6 Å². The van der Waals surface area contributed by atoms with E-state index in [1.54, 1.807) is 0 Å². The fourth-order valence-electron chi connectivity index (χ4n) is 1.98. The molecule has 1 heterocycles. The Morgan fingerprint density at radius 2 is 1.73 bits per heavy atom. The van der Waals surface area contributed by atoms with Crippen LogP contribution in [0.3, 0.4) is 0 Å². The van der Waals surface area contributed by atoms with E-state index in [4.69, 9.17) is 4.52 Å². The number of aromatic nitrogens is 2. The summed E-state index contributed by atoms with van der Waals surface area (Å²) in [6, 6.07) is 10.9. The Bertz CT molecular complexity index is 764. The fourth-order valence-corrected chi connectivity index (χ4v) is 1.98. The summed E-state index contributed by atoms with van der Waals surface area (Å²) >= 11 is 0. The van der Waals surface area contributed by atoms with Crippen molar-refractivity contribution in [2.45, 2.75) is 13.5 Å². The molecule has 0 aliphatic rings. The quantitative estimate of drug-likeness (QED) is 0.793. The van der Waals surface area contributed by atoms with Gasteiger partial charge >= 0.3 is 0 Å². The Morgan fingerprint density at radius 1 is 1.05 bits per heavy atom. The highest BCUT2D eigenvalue weighted by Crippen LogP contribution is 2.17. The van der Waals surface area contributed by atoms with Crippen LogP contribution in [0.2, 0.25) is 0 Å². The lowest BCUT2D eigenvalue weighted by Crippen LogP contribution is -2.00. The van der Waals surface area contributed by atoms with Gasteiger partial charge in [0.25, 0.3) is 0 Å². The number of rotatable bonds is 4. The number of hydrogen-bond acceptors (Lipinski definition) is 4. The molecule has 3 rings (SSSR count). The predicted octanol–water partition coefficient (Wildman–Crippen LogP) is 3.94. The van der Waals surface area contributed by atoms with Crippen LogP contribution in [0.1, 0.15) is 11.5 Å². The van der Waals surface area contributed by atoms with Crippen molar-refractivity contribution in [3.05, 3.63) is 65.6 Å². The van der Waals surface area contributed by atoms with Crippen molar-refractivity contribution in [3.8, 4) is 11.4 Å². The molecule has 0 spiro atoms. The van der Waals surface area contributed by atoms with E-state index in [2.05, 4.69) is 15.5 Å². The molecule has 0 unspecified atom stereocenters. The molecule has 0 atom stereocenters. The van der Waals surface area contributed by atoms with Gasteiger partial charge in [0.05, 0.1) is 6.54 Å². The minimum absolute atomic E-state index is 0.182. The Kier molecular flexibility index (Phi) is 3.82. The first-order valence-corrected chi connectivity index (χ1v) is 6.70. The van der Waals surface area contributed by atoms with E-state index in [0.29, 0.717) is 17.4 Å². The van der Waals surface area contributed by atoms with Gasteiger partial charge in [-0.05, 0) is 19.1 Å². The second-order valence-corrected chi connectivity index (χ2v) is 4.89. The van der Waals surface area contributed by atoms with Gasteiger partial charge in [-0.25, -0.2) is 8.78 Å². The molecule has 0 saturated heterocycles. The number of aryl methyl sites for hydroxylation is 1. The Balaban J connectivity index is 1.70. The maximum Gasteiger partial charge on any atom is 0.246 e. The second-order valence-electron chi connectivity index (χ2n) is 4.89. The normalized spacial score (nSPS) is 10.7. The molecule has 1 N–H and O–H groups in total. The molecule has 0 aliphatic carbocycles. The van der Waals surface area contributed by atoms with Crippen LogP contribution in [-0.4, -0.2) is 10.1 Å². The molecule has 0 saturated carbocycles. The molecule has 0 aliphatic heterocycles. The van der Waals surface area contributed by atoms with Gasteiger partial charge in [0.1, 0.15) is 11.6 Å². The maximum atomic E-state index is 13.1. The zero-order valence-corrected chi connectivity index (χ0v) is 11.8. The van der Waals surface area contributed by atoms with Crippen LogP contribution in [0.5, 0.6) is 0 Å². The number of nitrogens with one attached hydrogen (secondary N) is 1. The van der Waals surface area contributed by atoms with Crippen molar-refractivity contribution < 1.29 is 13.3 Å². The van der Waals surface area contributed by atoms with Crippen molar-refractivity contribution in [2.24, 2.45) is 0 Å². The standard InChI is InChI=1S/C16H13F2N3O/c1-10-2-4-11(5-3-10)16-20-15(22-21-16)9-19-14-7-12(17)6-13(18)8-14/h2-8,19H,9H2,1H3. The number of anilines is 1. The topological polar surface area (TPSA) is 51.0 Å². The third-order valence-corrected chi connectivity index (χ3v) is 3.08. The molecular formula is C16H13F2N3O. The van der Waals surface area contributed by atoms with Crippen molar-refractivity contribution in [2.75, 3.05) is 5.32 Å². The molecule has 0 radical (unpaired) electrons. The summed E-state index contributed by atoms with van der Waals surface area (Å²) in [6.45, 7) is 2.18. The summed E-state index contributed by atoms with van der Waals surface area (Å²) in [5, 5.41) is 6.73. The van der Waals surface area contributed by atoms with Gasteiger partial charge in [0, 0.05) is 17.3 Å². The summed E-state index contributed by atoms with van der Waals surface area (Å²) in [6.07, 6.45) is 0. The summed E-state index contributed by atoms with van der Waals surface area (Å²) < 4.78 is 31.3. The van der Waals surface area contributed by atoms with Gasteiger partial charge in [-0.2, -0.15) is 4.98 Å². The van der Waals surface area contributed by atoms with Gasteiger partial charge < -0.3 is 9.84 Å². The lowest BCUT2D eigenvalue weighted by molar-refractivity contribution is 0.384. The highest BCUT2D eigenvalue weighted by molar-refractivity contribution is 5.54. The second kappa shape index (κ2) is 5.93. The van der Waals surface area contributed by atoms with Gasteiger partial charge in [-0.3, -0.25) is 0 Å². The number of halogens is 2. The minimum atomic E-state index is -0.645. The van der Waals surface area contributed by atoms with Crippen LogP contribution in [0.4, 0.5) is 14.5 Å². The molecule has 4 nitrogen and oxygen atoms in total. The van der Waals surface area contributed by atoms with E-state index in [-0.39, 0.29) is 6.54 Å². The minimum Gasteiger partial charge on any atom is -0.376 e. The van der Waals surface area contributed by atoms with Gasteiger partial charge in [0.2, 0.25) is 11.7 Å². The van der Waals surface area contributed by atoms with Crippen LogP contribution < -0.4 is 5.32 Å². The lowest BCUT2D eigenvalue weighted by Gasteiger charge is -2.03. The molecular weight excluding hydrogens is 288 g/mol. The SMILES string of the molecule is Cc1ccc(-c2noc(CNc3cc(F)cc(F)c3)n2)cc1. The van der Waals surface area contributed by atoms with Gasteiger partial charge in [0.15, 0.2) is 0 Å². The van der Waals surface area contributed by atoms with Gasteiger partial charge in [-0.1, -0.05) is 35.0 Å². The zero-order chi connectivity index (χ0) is 15.5. The first kappa shape index (κ1) is 14.2. The fraction of sp³-hybridized carbons (Fsp3) is 0.125. The molecule has 2 aromatic carbocycles. The number of nitrogens with zero attached hydrogens (tertiary/aromatic N) is 2. The first-order chi connectivity index (χ1) is 10.6. The average Bonchev–Trinajstić information content (AvgIpc) is 2.94. The van der Waals surface area contributed by atoms with Crippen LogP contribution in [-0.2, 0) is 6.54 Å². The van der Waals surface area contributed by atoms with Crippen LogP contribution in [0.15, 0.2) is 47.0 Å². The Labute approximate surface area is 125 Å². The summed E-state index contributed by atoms with van der Waals surface area (Å²) in [5.41, 5.74) is 2.30. The van der Waals surface area contributed by atoms with E-state index in [1.165, 1.54) is 12.1 Å². The van der Waals surface area contributed by atoms with Crippen LogP contribution in [0.25, 0.3) is 11.4 Å². The monoisotopic (exact) mass is 301 g/mol. The number of hydrogen-bond donors (Lipinski definition) is 1. The zero-order valence-electron chi connectivity index (χ0n) is 11.8. The maximum absolute atomic E-state index is 13.1. The summed E-state index contributed by atoms with van der Waals surface area (Å²) in [7, 11) is 0. The summed E-state index contributed by atoms with van der Waals surface area (Å²) in [5.74, 6) is -0.482. The molecule has 6 heteroatoms. The number of benzene rings is 2. The van der Waals surface area contributed by atoms with E-state index in [9.17, 15) is 8.78 Å². The van der Waals surface area contributed by atoms with Crippen molar-refractivity contribution in [1.29, 1.82) is 0 Å². The van der Waals surface area contributed by atoms with E-state index in [0.717, 1.165) is 17.2 Å². The Hall–Kier alpha value is -2.76. The molecule has 1 aromatic heterocycles. The molecule has 0 bridgehead atoms. The third-order valence-electron chi connectivity index (χ3n) is 3.08. The van der Waals surface area contributed by atoms with E-state index >= 15 is 0 Å². The van der Waals surface area contributed by atoms with E-state index in [1.807, 2.05) is 31.2 Å². The third kappa shape index (κ3) is 3.28. The summed E-state index contributed by atoms with van der Waals surface area (Å²) in [4.78, 5) is 4.24. The van der Waals surface area contributed by atoms with Crippen molar-refractivity contribution >= 4 is 5.69 Å².